The first-order valence-electron chi connectivity index (χ1n) is 9.37. The molecule has 0 saturated heterocycles. The molecule has 0 fully saturated rings. The number of methoxy groups -OCH3 is 1. The SMILES string of the molecule is COc1ccc(-c2noc(CN(C)C(=O)c3cccc(N(C)S(C)(=O)=O)c3C)n2)cc1. The van der Waals surface area contributed by atoms with Crippen LogP contribution in [0.25, 0.3) is 11.4 Å². The molecule has 0 radical (unpaired) electrons. The summed E-state index contributed by atoms with van der Waals surface area (Å²) in [5.74, 6) is 1.12. The third kappa shape index (κ3) is 4.85. The number of rotatable bonds is 7. The zero-order valence-electron chi connectivity index (χ0n) is 18.0. The maximum Gasteiger partial charge on any atom is 0.254 e. The quantitative estimate of drug-likeness (QED) is 0.552. The Kier molecular flexibility index (Phi) is 6.30. The number of anilines is 1. The van der Waals surface area contributed by atoms with E-state index in [4.69, 9.17) is 9.26 Å². The molecule has 0 N–H and O–H groups in total. The fraction of sp³-hybridized carbons (Fsp3) is 0.286. The minimum Gasteiger partial charge on any atom is -0.497 e. The molecule has 1 heterocycles. The van der Waals surface area contributed by atoms with Crippen LogP contribution < -0.4 is 9.04 Å². The average molecular weight is 445 g/mol. The first kappa shape index (κ1) is 22.3. The maximum atomic E-state index is 13.0. The van der Waals surface area contributed by atoms with Crippen molar-refractivity contribution in [1.82, 2.24) is 15.0 Å². The molecule has 0 atom stereocenters. The lowest BCUT2D eigenvalue weighted by molar-refractivity contribution is 0.0769. The number of sulfonamides is 1. The van der Waals surface area contributed by atoms with Crippen molar-refractivity contribution in [2.75, 3.05) is 31.8 Å². The van der Waals surface area contributed by atoms with E-state index >= 15 is 0 Å². The van der Waals surface area contributed by atoms with Gasteiger partial charge in [0, 0.05) is 25.2 Å². The number of ether oxygens (including phenoxy) is 1. The van der Waals surface area contributed by atoms with E-state index in [0.717, 1.165) is 21.9 Å². The van der Waals surface area contributed by atoms with Crippen LogP contribution in [0.3, 0.4) is 0 Å². The van der Waals surface area contributed by atoms with Crippen LogP contribution in [0.2, 0.25) is 0 Å². The molecule has 1 amide bonds. The lowest BCUT2D eigenvalue weighted by atomic mass is 10.1. The van der Waals surface area contributed by atoms with Crippen molar-refractivity contribution in [1.29, 1.82) is 0 Å². The molecule has 2 aromatic carbocycles. The Bertz CT molecular complexity index is 1190. The fourth-order valence-electron chi connectivity index (χ4n) is 3.03. The number of hydrogen-bond acceptors (Lipinski definition) is 7. The van der Waals surface area contributed by atoms with Gasteiger partial charge in [0.25, 0.3) is 5.91 Å². The van der Waals surface area contributed by atoms with Gasteiger partial charge < -0.3 is 14.2 Å². The van der Waals surface area contributed by atoms with Gasteiger partial charge in [-0.15, -0.1) is 0 Å². The Morgan fingerprint density at radius 2 is 1.81 bits per heavy atom. The van der Waals surface area contributed by atoms with Crippen LogP contribution in [0.4, 0.5) is 5.69 Å². The standard InChI is InChI=1S/C21H24N4O5S/c1-14-17(7-6-8-18(14)25(3)31(5,27)28)21(26)24(2)13-19-22-20(23-30-19)15-9-11-16(29-4)12-10-15/h6-12H,13H2,1-5H3. The van der Waals surface area contributed by atoms with Crippen LogP contribution in [-0.2, 0) is 16.6 Å². The number of carbonyl (C=O) groups excluding carboxylic acids is 1. The van der Waals surface area contributed by atoms with Crippen molar-refractivity contribution in [3.05, 3.63) is 59.5 Å². The molecule has 1 aromatic heterocycles. The molecule has 164 valence electrons. The summed E-state index contributed by atoms with van der Waals surface area (Å²) in [4.78, 5) is 18.8. The first-order valence-corrected chi connectivity index (χ1v) is 11.2. The van der Waals surface area contributed by atoms with E-state index in [1.807, 2.05) is 12.1 Å². The molecule has 3 aromatic rings. The lowest BCUT2D eigenvalue weighted by Gasteiger charge is -2.22. The van der Waals surface area contributed by atoms with Crippen molar-refractivity contribution >= 4 is 21.6 Å². The molecule has 0 bridgehead atoms. The van der Waals surface area contributed by atoms with E-state index in [0.29, 0.717) is 22.6 Å². The highest BCUT2D eigenvalue weighted by molar-refractivity contribution is 7.92. The summed E-state index contributed by atoms with van der Waals surface area (Å²) in [6.45, 7) is 1.82. The van der Waals surface area contributed by atoms with Gasteiger partial charge in [-0.2, -0.15) is 4.98 Å². The van der Waals surface area contributed by atoms with Crippen LogP contribution in [0.1, 0.15) is 21.8 Å². The summed E-state index contributed by atoms with van der Waals surface area (Å²) in [7, 11) is 1.21. The molecule has 10 heteroatoms. The lowest BCUT2D eigenvalue weighted by Crippen LogP contribution is -2.29. The predicted molar refractivity (Wildman–Crippen MR) is 117 cm³/mol. The highest BCUT2D eigenvalue weighted by atomic mass is 32.2. The third-order valence-corrected chi connectivity index (χ3v) is 6.10. The molecule has 0 aliphatic heterocycles. The van der Waals surface area contributed by atoms with Gasteiger partial charge in [-0.1, -0.05) is 11.2 Å². The highest BCUT2D eigenvalue weighted by Crippen LogP contribution is 2.25. The molecule has 3 rings (SSSR count). The van der Waals surface area contributed by atoms with Crippen molar-refractivity contribution in [2.24, 2.45) is 0 Å². The molecule has 0 saturated carbocycles. The van der Waals surface area contributed by atoms with E-state index < -0.39 is 10.0 Å². The van der Waals surface area contributed by atoms with Crippen molar-refractivity contribution in [3.63, 3.8) is 0 Å². The second-order valence-corrected chi connectivity index (χ2v) is 9.10. The predicted octanol–water partition coefficient (Wildman–Crippen LogP) is 2.72. The summed E-state index contributed by atoms with van der Waals surface area (Å²) in [5.41, 5.74) is 2.17. The van der Waals surface area contributed by atoms with Crippen LogP contribution in [0.5, 0.6) is 5.75 Å². The van der Waals surface area contributed by atoms with Crippen molar-refractivity contribution < 1.29 is 22.5 Å². The van der Waals surface area contributed by atoms with Gasteiger partial charge >= 0.3 is 0 Å². The highest BCUT2D eigenvalue weighted by Gasteiger charge is 2.22. The second kappa shape index (κ2) is 8.76. The van der Waals surface area contributed by atoms with Crippen molar-refractivity contribution in [3.8, 4) is 17.1 Å². The van der Waals surface area contributed by atoms with Gasteiger partial charge in [0.05, 0.1) is 25.6 Å². The van der Waals surface area contributed by atoms with Gasteiger partial charge in [0.15, 0.2) is 0 Å². The zero-order valence-corrected chi connectivity index (χ0v) is 18.8. The number of benzene rings is 2. The first-order chi connectivity index (χ1) is 14.6. The zero-order chi connectivity index (χ0) is 22.8. The van der Waals surface area contributed by atoms with Crippen LogP contribution in [0, 0.1) is 6.92 Å². The van der Waals surface area contributed by atoms with E-state index in [1.54, 1.807) is 51.4 Å². The Balaban J connectivity index is 1.78. The molecule has 31 heavy (non-hydrogen) atoms. The minimum absolute atomic E-state index is 0.105. The second-order valence-electron chi connectivity index (χ2n) is 7.08. The van der Waals surface area contributed by atoms with Crippen LogP contribution >= 0.6 is 0 Å². The molecule has 9 nitrogen and oxygen atoms in total. The smallest absolute Gasteiger partial charge is 0.254 e. The third-order valence-electron chi connectivity index (χ3n) is 4.91. The molecule has 0 aliphatic carbocycles. The molecular formula is C21H24N4O5S. The van der Waals surface area contributed by atoms with E-state index in [-0.39, 0.29) is 18.3 Å². The largest absolute Gasteiger partial charge is 0.497 e. The van der Waals surface area contributed by atoms with Crippen LogP contribution in [0.15, 0.2) is 47.0 Å². The van der Waals surface area contributed by atoms with Crippen LogP contribution in [-0.4, -0.2) is 56.8 Å². The fourth-order valence-corrected chi connectivity index (χ4v) is 3.59. The summed E-state index contributed by atoms with van der Waals surface area (Å²) in [6.07, 6.45) is 1.11. The van der Waals surface area contributed by atoms with Gasteiger partial charge in [-0.05, 0) is 48.9 Å². The topological polar surface area (TPSA) is 106 Å². The monoisotopic (exact) mass is 444 g/mol. The number of amides is 1. The Hall–Kier alpha value is -3.40. The number of aromatic nitrogens is 2. The molecular weight excluding hydrogens is 420 g/mol. The van der Waals surface area contributed by atoms with Gasteiger partial charge in [-0.25, -0.2) is 8.42 Å². The van der Waals surface area contributed by atoms with E-state index in [9.17, 15) is 13.2 Å². The molecule has 0 unspecified atom stereocenters. The van der Waals surface area contributed by atoms with Gasteiger partial charge in [0.1, 0.15) is 5.75 Å². The Morgan fingerprint density at radius 3 is 2.42 bits per heavy atom. The average Bonchev–Trinajstić information content (AvgIpc) is 3.20. The summed E-state index contributed by atoms with van der Waals surface area (Å²) >= 11 is 0. The van der Waals surface area contributed by atoms with E-state index in [1.165, 1.54) is 11.9 Å². The van der Waals surface area contributed by atoms with E-state index in [2.05, 4.69) is 10.1 Å². The van der Waals surface area contributed by atoms with Gasteiger partial charge in [-0.3, -0.25) is 9.10 Å². The Labute approximate surface area is 181 Å². The number of carbonyl (C=O) groups is 1. The molecule has 0 aliphatic rings. The summed E-state index contributed by atoms with van der Waals surface area (Å²) in [5, 5.41) is 3.97. The van der Waals surface area contributed by atoms with Gasteiger partial charge in [0.2, 0.25) is 21.7 Å². The number of nitrogens with zero attached hydrogens (tertiary/aromatic N) is 4. The summed E-state index contributed by atoms with van der Waals surface area (Å²) in [6, 6.07) is 12.2. The number of hydrogen-bond donors (Lipinski definition) is 0. The molecule has 0 spiro atoms. The minimum atomic E-state index is -3.45. The Morgan fingerprint density at radius 1 is 1.13 bits per heavy atom. The van der Waals surface area contributed by atoms with Crippen molar-refractivity contribution in [2.45, 2.75) is 13.5 Å². The maximum absolute atomic E-state index is 13.0. The summed E-state index contributed by atoms with van der Waals surface area (Å²) < 4.78 is 35.4. The normalized spacial score (nSPS) is 11.3.